The largest absolute Gasteiger partial charge is 0.493 e. The number of ether oxygens (including phenoxy) is 2. The van der Waals surface area contributed by atoms with Gasteiger partial charge in [-0.25, -0.2) is 0 Å². The fourth-order valence-corrected chi connectivity index (χ4v) is 7.30. The van der Waals surface area contributed by atoms with E-state index in [-0.39, 0.29) is 28.3 Å². The van der Waals surface area contributed by atoms with E-state index in [9.17, 15) is 9.59 Å². The average molecular weight is 520 g/mol. The number of rotatable bonds is 6. The number of carbonyl (C=O) groups excluding carboxylic acids is 2. The van der Waals surface area contributed by atoms with Crippen LogP contribution in [-0.4, -0.2) is 36.2 Å². The first kappa shape index (κ1) is 27.0. The lowest BCUT2D eigenvalue weighted by Gasteiger charge is -2.52. The minimum Gasteiger partial charge on any atom is -0.493 e. The summed E-state index contributed by atoms with van der Waals surface area (Å²) in [5.41, 5.74) is 4.81. The van der Waals surface area contributed by atoms with Gasteiger partial charge in [0.2, 0.25) is 0 Å². The van der Waals surface area contributed by atoms with Crippen molar-refractivity contribution in [2.24, 2.45) is 10.8 Å². The molecule has 0 amide bonds. The van der Waals surface area contributed by atoms with Gasteiger partial charge in [-0.05, 0) is 60.6 Å². The number of ketones is 2. The molecule has 4 aliphatic rings. The zero-order valence-corrected chi connectivity index (χ0v) is 24.2. The Kier molecular flexibility index (Phi) is 7.26. The SMILES string of the molecule is CCCOc1ccc(C2C3=C(CC(C)(C)CC3=O)N(C3CCCCC3)C3=C2C(=O)CC(C)(C)C3)cc1OC. The molecule has 1 aliphatic heterocycles. The van der Waals surface area contributed by atoms with E-state index in [1.54, 1.807) is 7.11 Å². The van der Waals surface area contributed by atoms with Gasteiger partial charge in [0.05, 0.1) is 13.7 Å². The van der Waals surface area contributed by atoms with Gasteiger partial charge < -0.3 is 14.4 Å². The lowest BCUT2D eigenvalue weighted by atomic mass is 9.63. The second kappa shape index (κ2) is 10.2. The summed E-state index contributed by atoms with van der Waals surface area (Å²) >= 11 is 0. The van der Waals surface area contributed by atoms with Crippen molar-refractivity contribution in [2.75, 3.05) is 13.7 Å². The summed E-state index contributed by atoms with van der Waals surface area (Å²) in [7, 11) is 1.65. The van der Waals surface area contributed by atoms with Crippen LogP contribution >= 0.6 is 0 Å². The Balaban J connectivity index is 1.73. The monoisotopic (exact) mass is 519 g/mol. The van der Waals surface area contributed by atoms with Crippen LogP contribution in [0.5, 0.6) is 11.5 Å². The van der Waals surface area contributed by atoms with Crippen LogP contribution in [-0.2, 0) is 9.59 Å². The van der Waals surface area contributed by atoms with E-state index in [0.717, 1.165) is 48.8 Å². The molecular formula is C33H45NO4. The van der Waals surface area contributed by atoms with Gasteiger partial charge in [0, 0.05) is 47.3 Å². The molecular weight excluding hydrogens is 474 g/mol. The van der Waals surface area contributed by atoms with Gasteiger partial charge in [-0.1, -0.05) is 59.9 Å². The number of hydrogen-bond acceptors (Lipinski definition) is 5. The summed E-state index contributed by atoms with van der Waals surface area (Å²) in [6.07, 6.45) is 9.59. The molecule has 0 spiro atoms. The minimum absolute atomic E-state index is 0.102. The molecule has 1 saturated carbocycles. The molecule has 0 saturated heterocycles. The molecule has 38 heavy (non-hydrogen) atoms. The highest BCUT2D eigenvalue weighted by Crippen LogP contribution is 2.56. The smallest absolute Gasteiger partial charge is 0.162 e. The van der Waals surface area contributed by atoms with E-state index in [1.807, 2.05) is 18.2 Å². The lowest BCUT2D eigenvalue weighted by Crippen LogP contribution is -2.48. The summed E-state index contributed by atoms with van der Waals surface area (Å²) in [4.78, 5) is 30.6. The minimum atomic E-state index is -0.346. The number of hydrogen-bond donors (Lipinski definition) is 0. The molecule has 0 aromatic heterocycles. The van der Waals surface area contributed by atoms with E-state index in [0.29, 0.717) is 37.0 Å². The third kappa shape index (κ3) is 4.94. The molecule has 1 aromatic rings. The van der Waals surface area contributed by atoms with Crippen LogP contribution in [0, 0.1) is 10.8 Å². The van der Waals surface area contributed by atoms with Crippen molar-refractivity contribution >= 4 is 11.6 Å². The van der Waals surface area contributed by atoms with Gasteiger partial charge in [0.25, 0.3) is 0 Å². The molecule has 1 heterocycles. The second-order valence-electron chi connectivity index (χ2n) is 13.5. The Bertz CT molecular complexity index is 1130. The maximum atomic E-state index is 14.1. The van der Waals surface area contributed by atoms with Crippen molar-refractivity contribution in [3.05, 3.63) is 46.3 Å². The van der Waals surface area contributed by atoms with Crippen molar-refractivity contribution in [1.82, 2.24) is 4.90 Å². The molecule has 206 valence electrons. The molecule has 0 N–H and O–H groups in total. The molecule has 0 unspecified atom stereocenters. The Morgan fingerprint density at radius 3 is 1.95 bits per heavy atom. The van der Waals surface area contributed by atoms with Crippen LogP contribution in [0.1, 0.15) is 110 Å². The molecule has 0 atom stereocenters. The number of nitrogens with zero attached hydrogens (tertiary/aromatic N) is 1. The molecule has 1 fully saturated rings. The first-order chi connectivity index (χ1) is 18.0. The fraction of sp³-hybridized carbons (Fsp3) is 0.636. The zero-order valence-electron chi connectivity index (χ0n) is 24.2. The van der Waals surface area contributed by atoms with Gasteiger partial charge >= 0.3 is 0 Å². The molecule has 1 aromatic carbocycles. The van der Waals surface area contributed by atoms with E-state index < -0.39 is 0 Å². The number of methoxy groups -OCH3 is 1. The van der Waals surface area contributed by atoms with Crippen LogP contribution in [0.3, 0.4) is 0 Å². The lowest BCUT2D eigenvalue weighted by molar-refractivity contribution is -0.119. The van der Waals surface area contributed by atoms with E-state index in [2.05, 4.69) is 39.5 Å². The Hall–Kier alpha value is -2.56. The number of benzene rings is 1. The summed E-state index contributed by atoms with van der Waals surface area (Å²) in [6.45, 7) is 11.5. The predicted molar refractivity (Wildman–Crippen MR) is 150 cm³/mol. The standard InChI is InChI=1S/C33H45NO4/c1-7-15-38-27-14-13-21(16-28(27)37-6)29-30-23(17-32(2,3)19-25(30)35)34(22-11-9-8-10-12-22)24-18-33(4,5)20-26(36)31(24)29/h13-14,16,22,29H,7-12,15,17-20H2,1-6H3. The van der Waals surface area contributed by atoms with Gasteiger partial charge in [-0.2, -0.15) is 0 Å². The maximum Gasteiger partial charge on any atom is 0.162 e. The third-order valence-corrected chi connectivity index (χ3v) is 8.87. The summed E-state index contributed by atoms with van der Waals surface area (Å²) in [6, 6.07) is 6.36. The van der Waals surface area contributed by atoms with Gasteiger partial charge in [-0.3, -0.25) is 9.59 Å². The van der Waals surface area contributed by atoms with Gasteiger partial charge in [0.1, 0.15) is 0 Å². The maximum absolute atomic E-state index is 14.1. The van der Waals surface area contributed by atoms with Crippen molar-refractivity contribution in [1.29, 1.82) is 0 Å². The quantitative estimate of drug-likeness (QED) is 0.389. The summed E-state index contributed by atoms with van der Waals surface area (Å²) in [5.74, 6) is 1.39. The van der Waals surface area contributed by atoms with Gasteiger partial charge in [0.15, 0.2) is 23.1 Å². The Morgan fingerprint density at radius 1 is 0.842 bits per heavy atom. The molecule has 0 bridgehead atoms. The first-order valence-electron chi connectivity index (χ1n) is 14.7. The van der Waals surface area contributed by atoms with E-state index >= 15 is 0 Å². The average Bonchev–Trinajstić information content (AvgIpc) is 2.85. The first-order valence-corrected chi connectivity index (χ1v) is 14.7. The van der Waals surface area contributed by atoms with E-state index in [1.165, 1.54) is 30.7 Å². The number of allylic oxidation sites excluding steroid dienone is 4. The Morgan fingerprint density at radius 2 is 1.42 bits per heavy atom. The Labute approximate surface area is 228 Å². The predicted octanol–water partition coefficient (Wildman–Crippen LogP) is 7.50. The molecule has 0 radical (unpaired) electrons. The van der Waals surface area contributed by atoms with Crippen LogP contribution in [0.25, 0.3) is 0 Å². The van der Waals surface area contributed by atoms with Gasteiger partial charge in [-0.15, -0.1) is 0 Å². The fourth-order valence-electron chi connectivity index (χ4n) is 7.30. The molecule has 3 aliphatic carbocycles. The summed E-state index contributed by atoms with van der Waals surface area (Å²) in [5, 5.41) is 0. The van der Waals surface area contributed by atoms with Crippen LogP contribution < -0.4 is 9.47 Å². The topological polar surface area (TPSA) is 55.8 Å². The highest BCUT2D eigenvalue weighted by atomic mass is 16.5. The zero-order chi connectivity index (χ0) is 27.2. The normalized spacial score (nSPS) is 23.9. The van der Waals surface area contributed by atoms with Crippen LogP contribution in [0.4, 0.5) is 0 Å². The van der Waals surface area contributed by atoms with Crippen LogP contribution in [0.2, 0.25) is 0 Å². The summed E-state index contributed by atoms with van der Waals surface area (Å²) < 4.78 is 11.7. The third-order valence-electron chi connectivity index (χ3n) is 8.87. The molecule has 5 heteroatoms. The highest BCUT2D eigenvalue weighted by Gasteiger charge is 2.50. The number of carbonyl (C=O) groups is 2. The van der Waals surface area contributed by atoms with Crippen molar-refractivity contribution < 1.29 is 19.1 Å². The van der Waals surface area contributed by atoms with Crippen molar-refractivity contribution in [3.8, 4) is 11.5 Å². The van der Waals surface area contributed by atoms with Crippen molar-refractivity contribution in [2.45, 2.75) is 111 Å². The van der Waals surface area contributed by atoms with Crippen LogP contribution in [0.15, 0.2) is 40.7 Å². The molecule has 5 rings (SSSR count). The van der Waals surface area contributed by atoms with Crippen molar-refractivity contribution in [3.63, 3.8) is 0 Å². The molecule has 5 nitrogen and oxygen atoms in total. The number of Topliss-reactive ketones (excluding diaryl/α,β-unsaturated/α-hetero) is 2. The van der Waals surface area contributed by atoms with E-state index in [4.69, 9.17) is 9.47 Å². The second-order valence-corrected chi connectivity index (χ2v) is 13.5. The highest BCUT2D eigenvalue weighted by molar-refractivity contribution is 6.06.